The molecule has 1 amide bonds. The molecule has 0 aliphatic carbocycles. The average molecular weight is 396 g/mol. The number of rotatable bonds is 8. The van der Waals surface area contributed by atoms with E-state index < -0.39 is 18.5 Å². The van der Waals surface area contributed by atoms with Crippen molar-refractivity contribution in [2.75, 3.05) is 13.2 Å². The molecule has 0 heterocycles. The average Bonchev–Trinajstić information content (AvgIpc) is 2.61. The zero-order valence-corrected chi connectivity index (χ0v) is 14.8. The highest BCUT2D eigenvalue weighted by atomic mass is 35.5. The zero-order valence-electron chi connectivity index (χ0n) is 13.3. The predicted molar refractivity (Wildman–Crippen MR) is 94.6 cm³/mol. The minimum absolute atomic E-state index is 0.277. The predicted octanol–water partition coefficient (Wildman–Crippen LogP) is 1.65. The van der Waals surface area contributed by atoms with E-state index >= 15 is 0 Å². The summed E-state index contributed by atoms with van der Waals surface area (Å²) in [5, 5.41) is 15.0. The second-order valence-electron chi connectivity index (χ2n) is 4.86. The second kappa shape index (κ2) is 9.65. The van der Waals surface area contributed by atoms with Crippen molar-refractivity contribution in [2.24, 2.45) is 5.10 Å². The van der Waals surface area contributed by atoms with Crippen LogP contribution in [-0.4, -0.2) is 31.3 Å². The molecule has 2 rings (SSSR count). The molecule has 0 saturated carbocycles. The number of hydrazone groups is 1. The molecule has 0 bridgehead atoms. The van der Waals surface area contributed by atoms with Gasteiger partial charge in [0.05, 0.1) is 17.2 Å². The molecule has 9 heteroatoms. The van der Waals surface area contributed by atoms with Gasteiger partial charge in [-0.15, -0.1) is 0 Å². The number of hydrogen-bond acceptors (Lipinski definition) is 6. The maximum atomic E-state index is 11.8. The topological polar surface area (TPSA) is 100 Å². The number of ether oxygens (including phenoxy) is 2. The molecule has 0 atom stereocenters. The van der Waals surface area contributed by atoms with Gasteiger partial charge in [-0.1, -0.05) is 35.3 Å². The van der Waals surface area contributed by atoms with Gasteiger partial charge >= 0.3 is 0 Å². The van der Waals surface area contributed by atoms with Crippen LogP contribution in [0.2, 0.25) is 10.0 Å². The zero-order chi connectivity index (χ0) is 18.9. The number of aliphatic carboxylic acids is 1. The lowest BCUT2D eigenvalue weighted by Crippen LogP contribution is -2.29. The molecular formula is C17H13Cl2N2O5-. The van der Waals surface area contributed by atoms with Crippen molar-refractivity contribution in [3.05, 3.63) is 58.1 Å². The van der Waals surface area contributed by atoms with Gasteiger partial charge in [0.1, 0.15) is 18.1 Å². The number of benzene rings is 2. The third-order valence-corrected chi connectivity index (χ3v) is 3.46. The van der Waals surface area contributed by atoms with Gasteiger partial charge in [0.25, 0.3) is 5.91 Å². The van der Waals surface area contributed by atoms with Crippen LogP contribution >= 0.6 is 23.2 Å². The van der Waals surface area contributed by atoms with Crippen molar-refractivity contribution in [2.45, 2.75) is 0 Å². The molecule has 0 aliphatic heterocycles. The summed E-state index contributed by atoms with van der Waals surface area (Å²) in [5.41, 5.74) is 2.75. The lowest BCUT2D eigenvalue weighted by atomic mass is 10.2. The first-order valence-corrected chi connectivity index (χ1v) is 8.02. The highest BCUT2D eigenvalue weighted by Gasteiger charge is 2.06. The first kappa shape index (κ1) is 19.6. The van der Waals surface area contributed by atoms with Crippen molar-refractivity contribution in [1.82, 2.24) is 5.43 Å². The molecule has 0 saturated heterocycles. The first-order chi connectivity index (χ1) is 12.5. The van der Waals surface area contributed by atoms with E-state index in [1.165, 1.54) is 12.3 Å². The Balaban J connectivity index is 1.89. The van der Waals surface area contributed by atoms with E-state index in [4.69, 9.17) is 32.7 Å². The number of nitrogens with zero attached hydrogens (tertiary/aromatic N) is 1. The van der Waals surface area contributed by atoms with Gasteiger partial charge in [-0.25, -0.2) is 5.43 Å². The van der Waals surface area contributed by atoms with E-state index in [0.717, 1.165) is 0 Å². The summed E-state index contributed by atoms with van der Waals surface area (Å²) < 4.78 is 10.3. The Bertz CT molecular complexity index is 827. The van der Waals surface area contributed by atoms with Crippen LogP contribution in [0.3, 0.4) is 0 Å². The number of halogens is 2. The van der Waals surface area contributed by atoms with Crippen LogP contribution in [0, 0.1) is 0 Å². The lowest BCUT2D eigenvalue weighted by Gasteiger charge is -2.09. The minimum Gasteiger partial charge on any atom is -0.546 e. The fourth-order valence-corrected chi connectivity index (χ4v) is 2.13. The summed E-state index contributed by atoms with van der Waals surface area (Å²) >= 11 is 11.8. The first-order valence-electron chi connectivity index (χ1n) is 7.27. The molecule has 0 aliphatic rings. The van der Waals surface area contributed by atoms with Gasteiger partial charge in [-0.2, -0.15) is 5.10 Å². The number of nitrogens with one attached hydrogen (secondary N) is 1. The van der Waals surface area contributed by atoms with Crippen molar-refractivity contribution in [3.8, 4) is 11.5 Å². The van der Waals surface area contributed by atoms with E-state index in [0.29, 0.717) is 15.6 Å². The summed E-state index contributed by atoms with van der Waals surface area (Å²) in [6, 6.07) is 11.2. The normalized spacial score (nSPS) is 10.5. The fourth-order valence-electron chi connectivity index (χ4n) is 1.79. The maximum Gasteiger partial charge on any atom is 0.277 e. The fraction of sp³-hybridized carbons (Fsp3) is 0.118. The van der Waals surface area contributed by atoms with Crippen LogP contribution in [-0.2, 0) is 9.59 Å². The van der Waals surface area contributed by atoms with E-state index in [1.807, 2.05) is 0 Å². The summed E-state index contributed by atoms with van der Waals surface area (Å²) in [7, 11) is 0. The Kier molecular flexibility index (Phi) is 7.25. The van der Waals surface area contributed by atoms with Gasteiger partial charge in [0.15, 0.2) is 6.61 Å². The van der Waals surface area contributed by atoms with Gasteiger partial charge in [-0.3, -0.25) is 4.79 Å². The quantitative estimate of drug-likeness (QED) is 0.540. The summed E-state index contributed by atoms with van der Waals surface area (Å²) in [4.78, 5) is 22.2. The Morgan fingerprint density at radius 3 is 2.58 bits per heavy atom. The van der Waals surface area contributed by atoms with E-state index in [9.17, 15) is 14.7 Å². The number of hydrogen-bond donors (Lipinski definition) is 1. The Hall–Kier alpha value is -2.77. The molecule has 1 N–H and O–H groups in total. The lowest BCUT2D eigenvalue weighted by molar-refractivity contribution is -0.307. The molecule has 0 radical (unpaired) electrons. The summed E-state index contributed by atoms with van der Waals surface area (Å²) in [6.07, 6.45) is 1.31. The molecule has 0 unspecified atom stereocenters. The number of para-hydroxylation sites is 1. The molecule has 26 heavy (non-hydrogen) atoms. The number of carboxylic acid groups (broad SMARTS) is 1. The van der Waals surface area contributed by atoms with E-state index in [2.05, 4.69) is 10.5 Å². The van der Waals surface area contributed by atoms with E-state index in [1.54, 1.807) is 36.4 Å². The molecule has 0 fully saturated rings. The molecule has 7 nitrogen and oxygen atoms in total. The van der Waals surface area contributed by atoms with Gasteiger partial charge in [0, 0.05) is 16.7 Å². The van der Waals surface area contributed by atoms with Crippen molar-refractivity contribution >= 4 is 41.3 Å². The summed E-state index contributed by atoms with van der Waals surface area (Å²) in [5.74, 6) is -1.30. The number of carboxylic acids is 1. The largest absolute Gasteiger partial charge is 0.546 e. The van der Waals surface area contributed by atoms with Crippen LogP contribution in [0.15, 0.2) is 47.6 Å². The van der Waals surface area contributed by atoms with Crippen LogP contribution in [0.4, 0.5) is 0 Å². The maximum absolute atomic E-state index is 11.8. The Morgan fingerprint density at radius 1 is 1.08 bits per heavy atom. The van der Waals surface area contributed by atoms with Crippen molar-refractivity contribution < 1.29 is 24.2 Å². The standard InChI is InChI=1S/C17H14Cl2N2O5/c18-12-5-6-13(19)15(7-12)25-9-16(22)21-20-8-11-3-1-2-4-14(11)26-10-17(23)24/h1-8H,9-10H2,(H,21,22)(H,23,24)/p-1/b20-8-. The van der Waals surface area contributed by atoms with Crippen molar-refractivity contribution in [3.63, 3.8) is 0 Å². The van der Waals surface area contributed by atoms with Crippen molar-refractivity contribution in [1.29, 1.82) is 0 Å². The number of carbonyl (C=O) groups is 2. The Labute approximate surface area is 159 Å². The molecule has 2 aromatic carbocycles. The highest BCUT2D eigenvalue weighted by molar-refractivity contribution is 6.34. The third kappa shape index (κ3) is 6.27. The molecule has 2 aromatic rings. The van der Waals surface area contributed by atoms with Crippen LogP contribution < -0.4 is 20.0 Å². The molecule has 0 aromatic heterocycles. The molecular weight excluding hydrogens is 383 g/mol. The Morgan fingerprint density at radius 2 is 1.81 bits per heavy atom. The highest BCUT2D eigenvalue weighted by Crippen LogP contribution is 2.27. The SMILES string of the molecule is O=C([O-])COc1ccccc1/C=N\NC(=O)COc1cc(Cl)ccc1Cl. The van der Waals surface area contributed by atoms with Crippen LogP contribution in [0.25, 0.3) is 0 Å². The van der Waals surface area contributed by atoms with Gasteiger partial charge < -0.3 is 19.4 Å². The third-order valence-electron chi connectivity index (χ3n) is 2.91. The van der Waals surface area contributed by atoms with Gasteiger partial charge in [-0.05, 0) is 24.3 Å². The minimum atomic E-state index is -1.35. The molecule has 0 spiro atoms. The number of amides is 1. The van der Waals surface area contributed by atoms with Gasteiger partial charge in [0.2, 0.25) is 0 Å². The smallest absolute Gasteiger partial charge is 0.277 e. The molecule has 136 valence electrons. The number of carbonyl (C=O) groups excluding carboxylic acids is 2. The monoisotopic (exact) mass is 395 g/mol. The second-order valence-corrected chi connectivity index (χ2v) is 5.70. The van der Waals surface area contributed by atoms with Crippen LogP contribution in [0.5, 0.6) is 11.5 Å². The summed E-state index contributed by atoms with van der Waals surface area (Å²) in [6.45, 7) is -0.911. The van der Waals surface area contributed by atoms with Crippen LogP contribution in [0.1, 0.15) is 5.56 Å². The van der Waals surface area contributed by atoms with E-state index in [-0.39, 0.29) is 18.1 Å².